The number of ether oxygens (including phenoxy) is 1. The molecule has 0 unspecified atom stereocenters. The van der Waals surface area contributed by atoms with Gasteiger partial charge in [-0.3, -0.25) is 0 Å². The average molecular weight is 208 g/mol. The lowest BCUT2D eigenvalue weighted by Gasteiger charge is -2.32. The van der Waals surface area contributed by atoms with E-state index in [0.29, 0.717) is 0 Å². The Morgan fingerprint density at radius 1 is 1.27 bits per heavy atom. The third kappa shape index (κ3) is 1.38. The SMILES string of the molecule is NC1(c2nnc3n2CCC3)CCOCC1. The van der Waals surface area contributed by atoms with Crippen LogP contribution in [-0.4, -0.2) is 28.0 Å². The number of hydrogen-bond acceptors (Lipinski definition) is 4. The summed E-state index contributed by atoms with van der Waals surface area (Å²) < 4.78 is 7.54. The van der Waals surface area contributed by atoms with E-state index in [0.717, 1.165) is 50.7 Å². The molecule has 1 fully saturated rings. The predicted molar refractivity (Wildman–Crippen MR) is 54.3 cm³/mol. The summed E-state index contributed by atoms with van der Waals surface area (Å²) in [6, 6.07) is 0. The van der Waals surface area contributed by atoms with E-state index in [9.17, 15) is 0 Å². The Labute approximate surface area is 88.6 Å². The van der Waals surface area contributed by atoms with Crippen molar-refractivity contribution in [1.82, 2.24) is 14.8 Å². The number of aromatic nitrogens is 3. The maximum Gasteiger partial charge on any atom is 0.153 e. The molecule has 5 heteroatoms. The molecule has 0 spiro atoms. The minimum absolute atomic E-state index is 0.312. The van der Waals surface area contributed by atoms with Crippen LogP contribution in [0.1, 0.15) is 30.9 Å². The van der Waals surface area contributed by atoms with Crippen molar-refractivity contribution in [3.63, 3.8) is 0 Å². The Kier molecular flexibility index (Phi) is 2.03. The van der Waals surface area contributed by atoms with E-state index in [2.05, 4.69) is 14.8 Å². The molecule has 2 aliphatic heterocycles. The number of aryl methyl sites for hydroxylation is 1. The smallest absolute Gasteiger partial charge is 0.153 e. The molecule has 0 radical (unpaired) electrons. The van der Waals surface area contributed by atoms with Crippen LogP contribution in [0.4, 0.5) is 0 Å². The molecule has 1 aromatic rings. The molecule has 0 aromatic carbocycles. The second-order valence-corrected chi connectivity index (χ2v) is 4.46. The van der Waals surface area contributed by atoms with E-state index in [4.69, 9.17) is 10.5 Å². The molecule has 1 saturated heterocycles. The highest BCUT2D eigenvalue weighted by molar-refractivity contribution is 5.11. The van der Waals surface area contributed by atoms with Gasteiger partial charge in [-0.15, -0.1) is 10.2 Å². The van der Waals surface area contributed by atoms with Crippen LogP contribution in [0, 0.1) is 0 Å². The highest BCUT2D eigenvalue weighted by atomic mass is 16.5. The first-order valence-corrected chi connectivity index (χ1v) is 5.59. The molecule has 0 bridgehead atoms. The maximum atomic E-state index is 6.39. The number of nitrogens with two attached hydrogens (primary N) is 1. The van der Waals surface area contributed by atoms with Gasteiger partial charge in [0.1, 0.15) is 5.82 Å². The Morgan fingerprint density at radius 2 is 2.07 bits per heavy atom. The molecule has 0 saturated carbocycles. The van der Waals surface area contributed by atoms with Crippen molar-refractivity contribution in [2.75, 3.05) is 13.2 Å². The van der Waals surface area contributed by atoms with Gasteiger partial charge in [0.15, 0.2) is 5.82 Å². The average Bonchev–Trinajstić information content (AvgIpc) is 2.78. The standard InChI is InChI=1S/C10H16N4O/c11-10(3-6-15-7-4-10)9-13-12-8-2-1-5-14(8)9/h1-7,11H2. The van der Waals surface area contributed by atoms with Gasteiger partial charge < -0.3 is 15.0 Å². The summed E-state index contributed by atoms with van der Waals surface area (Å²) in [6.45, 7) is 2.49. The lowest BCUT2D eigenvalue weighted by molar-refractivity contribution is 0.0478. The van der Waals surface area contributed by atoms with Gasteiger partial charge in [-0.2, -0.15) is 0 Å². The van der Waals surface area contributed by atoms with Crippen molar-refractivity contribution in [1.29, 1.82) is 0 Å². The lowest BCUT2D eigenvalue weighted by Crippen LogP contribution is -2.44. The zero-order chi connectivity index (χ0) is 10.3. The van der Waals surface area contributed by atoms with E-state index >= 15 is 0 Å². The maximum absolute atomic E-state index is 6.39. The third-order valence-corrected chi connectivity index (χ3v) is 3.44. The van der Waals surface area contributed by atoms with Gasteiger partial charge in [-0.25, -0.2) is 0 Å². The Bertz CT molecular complexity index is 367. The fraction of sp³-hybridized carbons (Fsp3) is 0.800. The van der Waals surface area contributed by atoms with Gasteiger partial charge in [0, 0.05) is 26.2 Å². The van der Waals surface area contributed by atoms with E-state index in [1.54, 1.807) is 0 Å². The van der Waals surface area contributed by atoms with Gasteiger partial charge in [0.2, 0.25) is 0 Å². The van der Waals surface area contributed by atoms with E-state index < -0.39 is 0 Å². The zero-order valence-corrected chi connectivity index (χ0v) is 8.78. The molecule has 0 amide bonds. The van der Waals surface area contributed by atoms with Crippen molar-refractivity contribution in [3.05, 3.63) is 11.6 Å². The molecule has 0 aliphatic carbocycles. The van der Waals surface area contributed by atoms with Gasteiger partial charge in [-0.1, -0.05) is 0 Å². The monoisotopic (exact) mass is 208 g/mol. The second-order valence-electron chi connectivity index (χ2n) is 4.46. The number of fused-ring (bicyclic) bond motifs is 1. The van der Waals surface area contributed by atoms with Gasteiger partial charge >= 0.3 is 0 Å². The Balaban J connectivity index is 1.97. The van der Waals surface area contributed by atoms with Crippen molar-refractivity contribution in [3.8, 4) is 0 Å². The van der Waals surface area contributed by atoms with Crippen molar-refractivity contribution >= 4 is 0 Å². The van der Waals surface area contributed by atoms with Crippen LogP contribution in [0.3, 0.4) is 0 Å². The summed E-state index contributed by atoms with van der Waals surface area (Å²) in [5.74, 6) is 2.07. The van der Waals surface area contributed by atoms with Crippen molar-refractivity contribution in [2.45, 2.75) is 37.8 Å². The quantitative estimate of drug-likeness (QED) is 0.715. The third-order valence-electron chi connectivity index (χ3n) is 3.44. The van der Waals surface area contributed by atoms with E-state index in [1.165, 1.54) is 6.42 Å². The normalized spacial score (nSPS) is 24.1. The van der Waals surface area contributed by atoms with Gasteiger partial charge in [0.25, 0.3) is 0 Å². The fourth-order valence-corrected chi connectivity index (χ4v) is 2.48. The lowest BCUT2D eigenvalue weighted by atomic mass is 9.90. The minimum atomic E-state index is -0.312. The summed E-state index contributed by atoms with van der Waals surface area (Å²) in [5, 5.41) is 8.47. The summed E-state index contributed by atoms with van der Waals surface area (Å²) in [5.41, 5.74) is 6.08. The van der Waals surface area contributed by atoms with Crippen LogP contribution in [0.15, 0.2) is 0 Å². The van der Waals surface area contributed by atoms with Gasteiger partial charge in [0.05, 0.1) is 5.54 Å². The van der Waals surface area contributed by atoms with E-state index in [1.807, 2.05) is 0 Å². The van der Waals surface area contributed by atoms with Crippen molar-refractivity contribution in [2.24, 2.45) is 5.73 Å². The number of rotatable bonds is 1. The summed E-state index contributed by atoms with van der Waals surface area (Å²) >= 11 is 0. The van der Waals surface area contributed by atoms with Crippen LogP contribution in [0.25, 0.3) is 0 Å². The van der Waals surface area contributed by atoms with E-state index in [-0.39, 0.29) is 5.54 Å². The van der Waals surface area contributed by atoms with Crippen LogP contribution in [-0.2, 0) is 23.2 Å². The molecule has 0 atom stereocenters. The van der Waals surface area contributed by atoms with Crippen LogP contribution < -0.4 is 5.73 Å². The Hall–Kier alpha value is -0.940. The van der Waals surface area contributed by atoms with Crippen LogP contribution in [0.5, 0.6) is 0 Å². The molecule has 3 heterocycles. The minimum Gasteiger partial charge on any atom is -0.381 e. The number of hydrogen-bond donors (Lipinski definition) is 1. The summed E-state index contributed by atoms with van der Waals surface area (Å²) in [4.78, 5) is 0. The molecule has 82 valence electrons. The Morgan fingerprint density at radius 3 is 2.87 bits per heavy atom. The molecule has 3 rings (SSSR count). The molecule has 5 nitrogen and oxygen atoms in total. The highest BCUT2D eigenvalue weighted by Gasteiger charge is 2.36. The largest absolute Gasteiger partial charge is 0.381 e. The van der Waals surface area contributed by atoms with Crippen LogP contribution in [0.2, 0.25) is 0 Å². The fourth-order valence-electron chi connectivity index (χ4n) is 2.48. The highest BCUT2D eigenvalue weighted by Crippen LogP contribution is 2.30. The molecular weight excluding hydrogens is 192 g/mol. The van der Waals surface area contributed by atoms with Gasteiger partial charge in [-0.05, 0) is 19.3 Å². The first-order valence-electron chi connectivity index (χ1n) is 5.59. The molecule has 2 N–H and O–H groups in total. The molecular formula is C10H16N4O. The van der Waals surface area contributed by atoms with Crippen molar-refractivity contribution < 1.29 is 4.74 Å². The topological polar surface area (TPSA) is 66.0 Å². The number of nitrogens with zero attached hydrogens (tertiary/aromatic N) is 3. The second kappa shape index (κ2) is 3.28. The molecule has 15 heavy (non-hydrogen) atoms. The first kappa shape index (κ1) is 9.30. The molecule has 1 aromatic heterocycles. The van der Waals surface area contributed by atoms with Crippen LogP contribution >= 0.6 is 0 Å². The molecule has 2 aliphatic rings. The first-order chi connectivity index (χ1) is 7.30. The summed E-state index contributed by atoms with van der Waals surface area (Å²) in [6.07, 6.45) is 3.92. The predicted octanol–water partition coefficient (Wildman–Crippen LogP) is 0.189. The summed E-state index contributed by atoms with van der Waals surface area (Å²) in [7, 11) is 0. The zero-order valence-electron chi connectivity index (χ0n) is 8.78.